The summed E-state index contributed by atoms with van der Waals surface area (Å²) in [6, 6.07) is 8.56. The van der Waals surface area contributed by atoms with Gasteiger partial charge in [0.2, 0.25) is 0 Å². The van der Waals surface area contributed by atoms with Gasteiger partial charge in [-0.3, -0.25) is 0 Å². The maximum absolute atomic E-state index is 12.1. The molecule has 0 fully saturated rings. The molecule has 0 amide bonds. The maximum atomic E-state index is 12.1. The van der Waals surface area contributed by atoms with Gasteiger partial charge in [0.1, 0.15) is 11.5 Å². The van der Waals surface area contributed by atoms with Gasteiger partial charge in [-0.2, -0.15) is 8.78 Å². The first-order chi connectivity index (χ1) is 9.52. The van der Waals surface area contributed by atoms with Crippen LogP contribution in [0.15, 0.2) is 34.7 Å². The zero-order chi connectivity index (χ0) is 14.5. The molecule has 1 heterocycles. The van der Waals surface area contributed by atoms with E-state index in [2.05, 4.69) is 5.32 Å². The van der Waals surface area contributed by atoms with Crippen LogP contribution in [-0.2, 0) is 12.3 Å². The van der Waals surface area contributed by atoms with Gasteiger partial charge in [-0.05, 0) is 30.3 Å². The molecule has 2 rings (SSSR count). The average Bonchev–Trinajstić information content (AvgIpc) is 2.81. The molecule has 0 saturated carbocycles. The molecule has 1 aromatic carbocycles. The van der Waals surface area contributed by atoms with Gasteiger partial charge in [-0.25, -0.2) is 0 Å². The zero-order valence-corrected chi connectivity index (χ0v) is 12.5. The molecule has 0 bridgehead atoms. The van der Waals surface area contributed by atoms with Crippen molar-refractivity contribution in [2.75, 3.05) is 5.32 Å². The van der Waals surface area contributed by atoms with Crippen LogP contribution in [0.1, 0.15) is 11.5 Å². The Bertz CT molecular complexity index is 557. The monoisotopic (exact) mass is 337 g/mol. The van der Waals surface area contributed by atoms with Crippen molar-refractivity contribution in [2.45, 2.75) is 18.1 Å². The highest BCUT2D eigenvalue weighted by Crippen LogP contribution is 2.24. The van der Waals surface area contributed by atoms with E-state index >= 15 is 0 Å². The summed E-state index contributed by atoms with van der Waals surface area (Å²) in [4.78, 5) is 0. The van der Waals surface area contributed by atoms with E-state index in [9.17, 15) is 8.78 Å². The van der Waals surface area contributed by atoms with E-state index in [4.69, 9.17) is 27.6 Å². The lowest BCUT2D eigenvalue weighted by Gasteiger charge is -2.05. The average molecular weight is 338 g/mol. The number of benzene rings is 1. The summed E-state index contributed by atoms with van der Waals surface area (Å²) in [7, 11) is 0. The Balaban J connectivity index is 1.90. The molecule has 1 aromatic heterocycles. The summed E-state index contributed by atoms with van der Waals surface area (Å²) in [5.41, 5.74) is 0.766. The van der Waals surface area contributed by atoms with Crippen molar-refractivity contribution in [3.05, 3.63) is 51.9 Å². The standard InChI is InChI=1S/C13H11Cl2F2NOS/c14-8-3-9(15)5-10(4-8)18-6-11-1-2-12(19-11)7-20-13(16)17/h1-5,13,18H,6-7H2. The highest BCUT2D eigenvalue weighted by Gasteiger charge is 2.07. The van der Waals surface area contributed by atoms with Crippen LogP contribution < -0.4 is 5.32 Å². The molecule has 0 saturated heterocycles. The number of thioether (sulfide) groups is 1. The Kier molecular flexibility index (Phi) is 5.57. The van der Waals surface area contributed by atoms with E-state index in [0.29, 0.717) is 39.9 Å². The van der Waals surface area contributed by atoms with Crippen LogP contribution >= 0.6 is 35.0 Å². The first kappa shape index (κ1) is 15.5. The van der Waals surface area contributed by atoms with Crippen LogP contribution in [-0.4, -0.2) is 5.76 Å². The quantitative estimate of drug-likeness (QED) is 0.736. The van der Waals surface area contributed by atoms with E-state index in [1.165, 1.54) is 0 Å². The molecule has 1 N–H and O–H groups in total. The van der Waals surface area contributed by atoms with Crippen molar-refractivity contribution in [2.24, 2.45) is 0 Å². The molecule has 7 heteroatoms. The summed E-state index contributed by atoms with van der Waals surface area (Å²) in [6.07, 6.45) is 0. The summed E-state index contributed by atoms with van der Waals surface area (Å²) >= 11 is 12.3. The van der Waals surface area contributed by atoms with E-state index in [1.807, 2.05) is 0 Å². The molecule has 0 spiro atoms. The third kappa shape index (κ3) is 4.89. The third-order valence-corrected chi connectivity index (χ3v) is 3.54. The second-order valence-electron chi connectivity index (χ2n) is 3.95. The molecule has 0 aliphatic heterocycles. The highest BCUT2D eigenvalue weighted by atomic mass is 35.5. The van der Waals surface area contributed by atoms with Crippen molar-refractivity contribution in [3.63, 3.8) is 0 Å². The Morgan fingerprint density at radius 2 is 1.75 bits per heavy atom. The molecule has 0 aliphatic carbocycles. The number of hydrogen-bond donors (Lipinski definition) is 1. The number of hydrogen-bond acceptors (Lipinski definition) is 3. The van der Waals surface area contributed by atoms with Crippen LogP contribution in [0, 0.1) is 0 Å². The fraction of sp³-hybridized carbons (Fsp3) is 0.231. The second kappa shape index (κ2) is 7.20. The highest BCUT2D eigenvalue weighted by molar-refractivity contribution is 7.98. The number of nitrogens with one attached hydrogen (secondary N) is 1. The van der Waals surface area contributed by atoms with E-state index in [1.54, 1.807) is 30.3 Å². The Labute approximate surface area is 129 Å². The molecule has 2 nitrogen and oxygen atoms in total. The number of rotatable bonds is 6. The summed E-state index contributed by atoms with van der Waals surface area (Å²) < 4.78 is 29.5. The van der Waals surface area contributed by atoms with E-state index in [-0.39, 0.29) is 5.75 Å². The first-order valence-corrected chi connectivity index (χ1v) is 7.51. The SMILES string of the molecule is FC(F)SCc1ccc(CNc2cc(Cl)cc(Cl)c2)o1. The fourth-order valence-electron chi connectivity index (χ4n) is 1.59. The predicted molar refractivity (Wildman–Crippen MR) is 79.8 cm³/mol. The van der Waals surface area contributed by atoms with Gasteiger partial charge in [0.15, 0.2) is 0 Å². The molecule has 0 atom stereocenters. The number of furan rings is 1. The fourth-order valence-corrected chi connectivity index (χ4v) is 2.56. The van der Waals surface area contributed by atoms with Crippen LogP contribution in [0.3, 0.4) is 0 Å². The van der Waals surface area contributed by atoms with Crippen molar-refractivity contribution < 1.29 is 13.2 Å². The predicted octanol–water partition coefficient (Wildman–Crippen LogP) is 5.65. The van der Waals surface area contributed by atoms with E-state index < -0.39 is 5.76 Å². The zero-order valence-electron chi connectivity index (χ0n) is 10.2. The first-order valence-electron chi connectivity index (χ1n) is 5.70. The normalized spacial score (nSPS) is 11.1. The Morgan fingerprint density at radius 1 is 1.10 bits per heavy atom. The van der Waals surface area contributed by atoms with Gasteiger partial charge < -0.3 is 9.73 Å². The van der Waals surface area contributed by atoms with Gasteiger partial charge in [-0.15, -0.1) is 0 Å². The summed E-state index contributed by atoms with van der Waals surface area (Å²) in [6.45, 7) is 0.427. The van der Waals surface area contributed by atoms with E-state index in [0.717, 1.165) is 5.69 Å². The molecule has 108 valence electrons. The minimum atomic E-state index is -2.39. The van der Waals surface area contributed by atoms with Crippen LogP contribution in [0.25, 0.3) is 0 Å². The maximum Gasteiger partial charge on any atom is 0.284 e. The van der Waals surface area contributed by atoms with Crippen molar-refractivity contribution in [1.29, 1.82) is 0 Å². The molecule has 20 heavy (non-hydrogen) atoms. The number of alkyl halides is 2. The number of halogens is 4. The van der Waals surface area contributed by atoms with Crippen LogP contribution in [0.4, 0.5) is 14.5 Å². The van der Waals surface area contributed by atoms with Crippen molar-refractivity contribution >= 4 is 40.7 Å². The topological polar surface area (TPSA) is 25.2 Å². The molecular weight excluding hydrogens is 327 g/mol. The second-order valence-corrected chi connectivity index (χ2v) is 5.80. The third-order valence-electron chi connectivity index (χ3n) is 2.40. The lowest BCUT2D eigenvalue weighted by molar-refractivity contribution is 0.251. The van der Waals surface area contributed by atoms with Gasteiger partial charge in [0.25, 0.3) is 5.76 Å². The lowest BCUT2D eigenvalue weighted by Crippen LogP contribution is -1.97. The Morgan fingerprint density at radius 3 is 2.40 bits per heavy atom. The smallest absolute Gasteiger partial charge is 0.284 e. The minimum Gasteiger partial charge on any atom is -0.463 e. The van der Waals surface area contributed by atoms with Crippen molar-refractivity contribution in [1.82, 2.24) is 0 Å². The van der Waals surface area contributed by atoms with Crippen LogP contribution in [0.5, 0.6) is 0 Å². The van der Waals surface area contributed by atoms with Gasteiger partial charge >= 0.3 is 0 Å². The largest absolute Gasteiger partial charge is 0.463 e. The lowest BCUT2D eigenvalue weighted by atomic mass is 10.3. The summed E-state index contributed by atoms with van der Waals surface area (Å²) in [5, 5.41) is 4.17. The Hall–Kier alpha value is -0.910. The van der Waals surface area contributed by atoms with Gasteiger partial charge in [0.05, 0.1) is 12.3 Å². The molecule has 0 aliphatic rings. The van der Waals surface area contributed by atoms with Crippen LogP contribution in [0.2, 0.25) is 10.0 Å². The molecular formula is C13H11Cl2F2NOS. The minimum absolute atomic E-state index is 0.153. The summed E-state index contributed by atoms with van der Waals surface area (Å²) in [5.74, 6) is -1.06. The van der Waals surface area contributed by atoms with Gasteiger partial charge in [-0.1, -0.05) is 35.0 Å². The number of anilines is 1. The van der Waals surface area contributed by atoms with Crippen molar-refractivity contribution in [3.8, 4) is 0 Å². The molecule has 0 radical (unpaired) electrons. The molecule has 0 unspecified atom stereocenters. The molecule has 2 aromatic rings. The van der Waals surface area contributed by atoms with Gasteiger partial charge in [0, 0.05) is 15.7 Å².